The summed E-state index contributed by atoms with van der Waals surface area (Å²) in [6.07, 6.45) is 14.9. The first-order valence-corrected chi connectivity index (χ1v) is 9.31. The lowest BCUT2D eigenvalue weighted by Crippen LogP contribution is -2.26. The second-order valence-corrected chi connectivity index (χ2v) is 8.83. The van der Waals surface area contributed by atoms with Crippen molar-refractivity contribution >= 4 is 0 Å². The minimum atomic E-state index is 0.581. The van der Waals surface area contributed by atoms with Gasteiger partial charge in [0.2, 0.25) is 0 Å². The Balaban J connectivity index is 1.61. The Hall–Kier alpha value is -0.780. The molecule has 4 aliphatic rings. The molecule has 4 saturated carbocycles. The molecule has 5 rings (SSSR count). The second kappa shape index (κ2) is 4.15. The molecule has 0 unspecified atom stereocenters. The van der Waals surface area contributed by atoms with Crippen LogP contribution in [0.15, 0.2) is 18.2 Å². The van der Waals surface area contributed by atoms with Crippen molar-refractivity contribution in [3.63, 3.8) is 0 Å². The largest absolute Gasteiger partial charge is 0.0617 e. The van der Waals surface area contributed by atoms with Crippen LogP contribution >= 0.6 is 0 Å². The summed E-state index contributed by atoms with van der Waals surface area (Å²) in [7, 11) is 0. The van der Waals surface area contributed by atoms with Crippen molar-refractivity contribution in [2.45, 2.75) is 82.0 Å². The maximum atomic E-state index is 2.49. The standard InChI is InChI=1S/C21H28/c1-15-18(20-9-5-16(13-20)6-10-20)3-2-4-19(15)21-11-7-17(14-21)8-12-21/h2-4,16-17H,5-14H2,1H3. The van der Waals surface area contributed by atoms with Gasteiger partial charge < -0.3 is 0 Å². The Kier molecular flexibility index (Phi) is 2.52. The quantitative estimate of drug-likeness (QED) is 0.656. The molecule has 0 spiro atoms. The fourth-order valence-electron chi connectivity index (χ4n) is 6.93. The molecule has 0 nitrogen and oxygen atoms in total. The molecule has 1 aromatic rings. The van der Waals surface area contributed by atoms with Crippen LogP contribution in [-0.4, -0.2) is 0 Å². The molecule has 0 aromatic heterocycles. The van der Waals surface area contributed by atoms with Crippen LogP contribution in [0.4, 0.5) is 0 Å². The Labute approximate surface area is 129 Å². The van der Waals surface area contributed by atoms with Crippen molar-refractivity contribution in [2.24, 2.45) is 11.8 Å². The Morgan fingerprint density at radius 1 is 0.762 bits per heavy atom. The molecule has 4 fully saturated rings. The van der Waals surface area contributed by atoms with Crippen LogP contribution in [-0.2, 0) is 10.8 Å². The van der Waals surface area contributed by atoms with E-state index in [1.807, 2.05) is 0 Å². The predicted molar refractivity (Wildman–Crippen MR) is 87.7 cm³/mol. The van der Waals surface area contributed by atoms with Gasteiger partial charge in [-0.15, -0.1) is 0 Å². The second-order valence-electron chi connectivity index (χ2n) is 8.83. The lowest BCUT2D eigenvalue weighted by atomic mass is 9.70. The molecule has 4 bridgehead atoms. The molecule has 0 atom stereocenters. The summed E-state index contributed by atoms with van der Waals surface area (Å²) in [6, 6.07) is 7.38. The number of benzene rings is 1. The van der Waals surface area contributed by atoms with E-state index < -0.39 is 0 Å². The summed E-state index contributed by atoms with van der Waals surface area (Å²) < 4.78 is 0. The molecule has 112 valence electrons. The predicted octanol–water partition coefficient (Wildman–Crippen LogP) is 5.66. The minimum absolute atomic E-state index is 0.581. The third-order valence-corrected chi connectivity index (χ3v) is 7.96. The molecule has 1 aromatic carbocycles. The third kappa shape index (κ3) is 1.63. The summed E-state index contributed by atoms with van der Waals surface area (Å²) >= 11 is 0. The lowest BCUT2D eigenvalue weighted by molar-refractivity contribution is 0.404. The van der Waals surface area contributed by atoms with Crippen molar-refractivity contribution in [3.8, 4) is 0 Å². The molecule has 4 aliphatic carbocycles. The third-order valence-electron chi connectivity index (χ3n) is 7.96. The van der Waals surface area contributed by atoms with Crippen LogP contribution in [0, 0.1) is 18.8 Å². The maximum absolute atomic E-state index is 2.49. The number of rotatable bonds is 2. The highest BCUT2D eigenvalue weighted by Crippen LogP contribution is 2.59. The van der Waals surface area contributed by atoms with Gasteiger partial charge in [0, 0.05) is 0 Å². The average molecular weight is 280 g/mol. The van der Waals surface area contributed by atoms with Gasteiger partial charge in [-0.1, -0.05) is 18.2 Å². The van der Waals surface area contributed by atoms with Gasteiger partial charge in [0.15, 0.2) is 0 Å². The average Bonchev–Trinajstić information content (AvgIpc) is 3.28. The zero-order chi connectivity index (χ0) is 14.1. The highest BCUT2D eigenvalue weighted by atomic mass is 14.5. The number of hydrogen-bond donors (Lipinski definition) is 0. The normalized spacial score (nSPS) is 43.9. The summed E-state index contributed by atoms with van der Waals surface area (Å²) in [4.78, 5) is 0. The van der Waals surface area contributed by atoms with Crippen LogP contribution in [0.2, 0.25) is 0 Å². The van der Waals surface area contributed by atoms with E-state index in [-0.39, 0.29) is 0 Å². The molecule has 0 aliphatic heterocycles. The van der Waals surface area contributed by atoms with E-state index in [2.05, 4.69) is 25.1 Å². The van der Waals surface area contributed by atoms with Gasteiger partial charge in [0.25, 0.3) is 0 Å². The van der Waals surface area contributed by atoms with E-state index in [0.717, 1.165) is 11.8 Å². The van der Waals surface area contributed by atoms with Crippen LogP contribution in [0.5, 0.6) is 0 Å². The highest BCUT2D eigenvalue weighted by molar-refractivity contribution is 5.45. The van der Waals surface area contributed by atoms with Gasteiger partial charge in [-0.2, -0.15) is 0 Å². The molecular weight excluding hydrogens is 252 g/mol. The fraction of sp³-hybridized carbons (Fsp3) is 0.714. The van der Waals surface area contributed by atoms with Gasteiger partial charge in [0.05, 0.1) is 0 Å². The molecular formula is C21H28. The van der Waals surface area contributed by atoms with Crippen LogP contribution in [0.3, 0.4) is 0 Å². The monoisotopic (exact) mass is 280 g/mol. The SMILES string of the molecule is Cc1c(C23CCC(CC2)C3)cccc1C12CCC(CC1)C2. The molecule has 0 amide bonds. The summed E-state index contributed by atoms with van der Waals surface area (Å²) in [5, 5.41) is 0. The maximum Gasteiger partial charge on any atom is -0.00414 e. The Morgan fingerprint density at radius 3 is 1.52 bits per heavy atom. The van der Waals surface area contributed by atoms with E-state index in [4.69, 9.17) is 0 Å². The molecule has 0 N–H and O–H groups in total. The van der Waals surface area contributed by atoms with Crippen LogP contribution < -0.4 is 0 Å². The number of fused-ring (bicyclic) bond motifs is 4. The molecule has 0 heteroatoms. The van der Waals surface area contributed by atoms with E-state index in [9.17, 15) is 0 Å². The fourth-order valence-corrected chi connectivity index (χ4v) is 6.93. The van der Waals surface area contributed by atoms with Crippen molar-refractivity contribution in [1.82, 2.24) is 0 Å². The molecule has 0 heterocycles. The summed E-state index contributed by atoms with van der Waals surface area (Å²) in [5.74, 6) is 2.10. The first kappa shape index (κ1) is 12.7. The van der Waals surface area contributed by atoms with Gasteiger partial charge in [0.1, 0.15) is 0 Å². The Morgan fingerprint density at radius 2 is 1.19 bits per heavy atom. The number of hydrogen-bond acceptors (Lipinski definition) is 0. The van der Waals surface area contributed by atoms with E-state index in [1.165, 1.54) is 64.2 Å². The Bertz CT molecular complexity index is 517. The first-order chi connectivity index (χ1) is 10.2. The van der Waals surface area contributed by atoms with E-state index >= 15 is 0 Å². The lowest BCUT2D eigenvalue weighted by Gasteiger charge is -2.34. The van der Waals surface area contributed by atoms with Crippen LogP contribution in [0.25, 0.3) is 0 Å². The summed E-state index contributed by atoms with van der Waals surface area (Å²) in [5.41, 5.74) is 6.37. The highest BCUT2D eigenvalue weighted by Gasteiger charge is 2.49. The molecule has 0 radical (unpaired) electrons. The van der Waals surface area contributed by atoms with Crippen molar-refractivity contribution < 1.29 is 0 Å². The van der Waals surface area contributed by atoms with Gasteiger partial charge >= 0.3 is 0 Å². The van der Waals surface area contributed by atoms with Crippen molar-refractivity contribution in [2.75, 3.05) is 0 Å². The van der Waals surface area contributed by atoms with Crippen molar-refractivity contribution in [1.29, 1.82) is 0 Å². The zero-order valence-electron chi connectivity index (χ0n) is 13.5. The summed E-state index contributed by atoms with van der Waals surface area (Å²) in [6.45, 7) is 2.46. The van der Waals surface area contributed by atoms with E-state index in [1.54, 1.807) is 16.7 Å². The molecule has 0 saturated heterocycles. The van der Waals surface area contributed by atoms with Crippen LogP contribution in [0.1, 0.15) is 80.9 Å². The van der Waals surface area contributed by atoms with Crippen molar-refractivity contribution in [3.05, 3.63) is 34.9 Å². The topological polar surface area (TPSA) is 0 Å². The zero-order valence-corrected chi connectivity index (χ0v) is 13.5. The minimum Gasteiger partial charge on any atom is -0.0617 e. The van der Waals surface area contributed by atoms with E-state index in [0.29, 0.717) is 10.8 Å². The van der Waals surface area contributed by atoms with Gasteiger partial charge in [-0.05, 0) is 110 Å². The van der Waals surface area contributed by atoms with Gasteiger partial charge in [-0.25, -0.2) is 0 Å². The van der Waals surface area contributed by atoms with Gasteiger partial charge in [-0.3, -0.25) is 0 Å². The smallest absolute Gasteiger partial charge is 0.00414 e. The molecule has 21 heavy (non-hydrogen) atoms. The first-order valence-electron chi connectivity index (χ1n) is 9.31.